The van der Waals surface area contributed by atoms with E-state index >= 15 is 0 Å². The number of benzene rings is 2. The summed E-state index contributed by atoms with van der Waals surface area (Å²) in [6.07, 6.45) is 0. The van der Waals surface area contributed by atoms with Crippen LogP contribution < -0.4 is 16.1 Å². The highest BCUT2D eigenvalue weighted by molar-refractivity contribution is 8.13. The van der Waals surface area contributed by atoms with Crippen LogP contribution in [0.5, 0.6) is 5.75 Å². The number of amidine groups is 1. The molecule has 0 unspecified atom stereocenters. The summed E-state index contributed by atoms with van der Waals surface area (Å²) in [5, 5.41) is 1.31. The Bertz CT molecular complexity index is 1040. The summed E-state index contributed by atoms with van der Waals surface area (Å²) in [7, 11) is 1.57. The minimum atomic E-state index is -0.397. The lowest BCUT2D eigenvalue weighted by Gasteiger charge is -2.07. The van der Waals surface area contributed by atoms with E-state index in [4.69, 9.17) is 14.9 Å². The summed E-state index contributed by atoms with van der Waals surface area (Å²) in [5.41, 5.74) is 10.1. The van der Waals surface area contributed by atoms with Crippen LogP contribution in [0.4, 0.5) is 5.69 Å². The smallest absolute Gasteiger partial charge is 0.336 e. The Morgan fingerprint density at radius 3 is 2.77 bits per heavy atom. The van der Waals surface area contributed by atoms with E-state index in [1.54, 1.807) is 13.2 Å². The highest BCUT2D eigenvalue weighted by Crippen LogP contribution is 2.26. The van der Waals surface area contributed by atoms with E-state index in [0.717, 1.165) is 27.8 Å². The molecule has 0 fully saturated rings. The van der Waals surface area contributed by atoms with Gasteiger partial charge in [-0.05, 0) is 48.7 Å². The zero-order valence-electron chi connectivity index (χ0n) is 14.9. The summed E-state index contributed by atoms with van der Waals surface area (Å²) < 4.78 is 10.5. The number of methoxy groups -OCH3 is 1. The first kappa shape index (κ1) is 18.1. The number of aryl methyl sites for hydroxylation is 2. The average molecular weight is 368 g/mol. The summed E-state index contributed by atoms with van der Waals surface area (Å²) in [6.45, 7) is 4.02. The lowest BCUT2D eigenvalue weighted by molar-refractivity contribution is 0.414. The third-order valence-corrected chi connectivity index (χ3v) is 4.85. The van der Waals surface area contributed by atoms with Gasteiger partial charge in [-0.1, -0.05) is 23.9 Å². The quantitative estimate of drug-likeness (QED) is 0.422. The van der Waals surface area contributed by atoms with Crippen LogP contribution in [0.25, 0.3) is 11.0 Å². The number of aliphatic imine (C=N–C) groups is 1. The fourth-order valence-corrected chi connectivity index (χ4v) is 3.30. The fourth-order valence-electron chi connectivity index (χ4n) is 2.60. The van der Waals surface area contributed by atoms with Crippen molar-refractivity contribution in [2.24, 2.45) is 10.7 Å². The Hall–Kier alpha value is -2.73. The molecule has 0 aliphatic rings. The minimum Gasteiger partial charge on any atom is -0.497 e. The van der Waals surface area contributed by atoms with Gasteiger partial charge < -0.3 is 14.9 Å². The van der Waals surface area contributed by atoms with Crippen LogP contribution >= 0.6 is 11.8 Å². The number of hydrogen-bond donors (Lipinski definition) is 1. The molecular formula is C20H20N2O3S. The van der Waals surface area contributed by atoms with Gasteiger partial charge >= 0.3 is 5.63 Å². The Labute approximate surface area is 155 Å². The molecule has 0 spiro atoms. The second-order valence-electron chi connectivity index (χ2n) is 5.98. The van der Waals surface area contributed by atoms with Crippen molar-refractivity contribution >= 4 is 33.6 Å². The van der Waals surface area contributed by atoms with E-state index < -0.39 is 5.63 Å². The van der Waals surface area contributed by atoms with Crippen molar-refractivity contribution in [3.63, 3.8) is 0 Å². The van der Waals surface area contributed by atoms with Gasteiger partial charge in [0.15, 0.2) is 5.17 Å². The van der Waals surface area contributed by atoms with Gasteiger partial charge in [-0.15, -0.1) is 0 Å². The van der Waals surface area contributed by atoms with E-state index in [1.807, 2.05) is 44.2 Å². The zero-order chi connectivity index (χ0) is 18.7. The van der Waals surface area contributed by atoms with Crippen LogP contribution in [0, 0.1) is 13.8 Å². The van der Waals surface area contributed by atoms with Gasteiger partial charge in [0.1, 0.15) is 11.3 Å². The number of nitrogens with two attached hydrogens (primary N) is 1. The average Bonchev–Trinajstić information content (AvgIpc) is 2.62. The molecule has 134 valence electrons. The van der Waals surface area contributed by atoms with Gasteiger partial charge in [-0.3, -0.25) is 0 Å². The molecule has 0 atom stereocenters. The summed E-state index contributed by atoms with van der Waals surface area (Å²) >= 11 is 1.39. The monoisotopic (exact) mass is 368 g/mol. The third-order valence-electron chi connectivity index (χ3n) is 4.01. The van der Waals surface area contributed by atoms with Gasteiger partial charge in [0, 0.05) is 23.3 Å². The van der Waals surface area contributed by atoms with Crippen molar-refractivity contribution in [1.82, 2.24) is 0 Å². The van der Waals surface area contributed by atoms with E-state index in [0.29, 0.717) is 22.3 Å². The summed E-state index contributed by atoms with van der Waals surface area (Å²) in [6, 6.07) is 13.0. The van der Waals surface area contributed by atoms with Crippen molar-refractivity contribution in [1.29, 1.82) is 0 Å². The van der Waals surface area contributed by atoms with Crippen molar-refractivity contribution in [3.8, 4) is 5.75 Å². The molecule has 0 aliphatic heterocycles. The Kier molecular flexibility index (Phi) is 5.32. The molecule has 3 aromatic rings. The van der Waals surface area contributed by atoms with E-state index in [1.165, 1.54) is 17.8 Å². The van der Waals surface area contributed by atoms with Gasteiger partial charge in [0.05, 0.1) is 12.8 Å². The molecule has 0 saturated carbocycles. The van der Waals surface area contributed by atoms with Crippen LogP contribution in [-0.4, -0.2) is 12.3 Å². The predicted molar refractivity (Wildman–Crippen MR) is 108 cm³/mol. The molecule has 0 saturated heterocycles. The minimum absolute atomic E-state index is 0.397. The Morgan fingerprint density at radius 1 is 1.19 bits per heavy atom. The molecule has 3 rings (SSSR count). The number of ether oxygens (including phenoxy) is 1. The van der Waals surface area contributed by atoms with E-state index in [2.05, 4.69) is 4.99 Å². The van der Waals surface area contributed by atoms with Crippen molar-refractivity contribution in [2.45, 2.75) is 19.6 Å². The third kappa shape index (κ3) is 4.08. The fraction of sp³-hybridized carbons (Fsp3) is 0.200. The van der Waals surface area contributed by atoms with Crippen LogP contribution in [0.2, 0.25) is 0 Å². The number of rotatable bonds is 4. The topological polar surface area (TPSA) is 77.8 Å². The maximum atomic E-state index is 11.8. The maximum Gasteiger partial charge on any atom is 0.336 e. The molecule has 1 heterocycles. The van der Waals surface area contributed by atoms with Crippen LogP contribution in [0.1, 0.15) is 16.7 Å². The molecule has 5 nitrogen and oxygen atoms in total. The molecule has 6 heteroatoms. The first-order valence-corrected chi connectivity index (χ1v) is 9.10. The van der Waals surface area contributed by atoms with Crippen molar-refractivity contribution in [2.75, 3.05) is 7.11 Å². The van der Waals surface area contributed by atoms with Crippen LogP contribution in [0.3, 0.4) is 0 Å². The van der Waals surface area contributed by atoms with Crippen molar-refractivity contribution < 1.29 is 9.15 Å². The zero-order valence-corrected chi connectivity index (χ0v) is 15.7. The molecule has 2 N–H and O–H groups in total. The largest absolute Gasteiger partial charge is 0.497 e. The van der Waals surface area contributed by atoms with E-state index in [9.17, 15) is 4.79 Å². The van der Waals surface area contributed by atoms with Crippen LogP contribution in [0.15, 0.2) is 56.7 Å². The molecule has 1 aromatic heterocycles. The first-order chi connectivity index (χ1) is 12.5. The standard InChI is InChI=1S/C20H20N2O3S/c1-12-4-5-13(2)17(8-12)22-20(21)26-11-14-9-19(23)25-18-10-15(24-3)6-7-16(14)18/h4-10H,11H2,1-3H3,(H2,21,22). The van der Waals surface area contributed by atoms with Gasteiger partial charge in [-0.2, -0.15) is 0 Å². The molecule has 0 aliphatic carbocycles. The highest BCUT2D eigenvalue weighted by atomic mass is 32.2. The SMILES string of the molecule is COc1ccc2c(CSC(N)=Nc3cc(C)ccc3C)cc(=O)oc2c1. The Morgan fingerprint density at radius 2 is 2.00 bits per heavy atom. The maximum absolute atomic E-state index is 11.8. The summed E-state index contributed by atoms with van der Waals surface area (Å²) in [5.74, 6) is 1.16. The van der Waals surface area contributed by atoms with Gasteiger partial charge in [0.25, 0.3) is 0 Å². The number of fused-ring (bicyclic) bond motifs is 1. The molecule has 2 aromatic carbocycles. The number of thioether (sulfide) groups is 1. The number of nitrogens with zero attached hydrogens (tertiary/aromatic N) is 1. The van der Waals surface area contributed by atoms with Crippen molar-refractivity contribution in [3.05, 3.63) is 69.6 Å². The first-order valence-electron chi connectivity index (χ1n) is 8.11. The highest BCUT2D eigenvalue weighted by Gasteiger charge is 2.08. The predicted octanol–water partition coefficient (Wildman–Crippen LogP) is 4.30. The van der Waals surface area contributed by atoms with E-state index in [-0.39, 0.29) is 0 Å². The molecule has 0 bridgehead atoms. The lowest BCUT2D eigenvalue weighted by Crippen LogP contribution is -2.07. The molecule has 0 amide bonds. The van der Waals surface area contributed by atoms with Gasteiger partial charge in [-0.25, -0.2) is 9.79 Å². The number of hydrogen-bond acceptors (Lipinski definition) is 5. The summed E-state index contributed by atoms with van der Waals surface area (Å²) in [4.78, 5) is 16.3. The van der Waals surface area contributed by atoms with Crippen LogP contribution in [-0.2, 0) is 5.75 Å². The Balaban J connectivity index is 1.86. The normalized spacial score (nSPS) is 11.7. The van der Waals surface area contributed by atoms with Gasteiger partial charge in [0.2, 0.25) is 0 Å². The molecule has 26 heavy (non-hydrogen) atoms. The molecular weight excluding hydrogens is 348 g/mol. The second-order valence-corrected chi connectivity index (χ2v) is 6.98. The lowest BCUT2D eigenvalue weighted by atomic mass is 10.1. The second kappa shape index (κ2) is 7.66. The molecule has 0 radical (unpaired) electrons.